The molecule has 0 aliphatic carbocycles. The minimum Gasteiger partial charge on any atom is -0.494 e. The SMILES string of the molecule is Cc1ccc(C2=Nc3cc4c(O)n(CCN(C)C)c(=O)c5cccc(c3=N2)c45)cc1. The number of hydrogen-bond acceptors (Lipinski definition) is 5. The molecule has 0 atom stereocenters. The molecule has 0 saturated heterocycles. The van der Waals surface area contributed by atoms with Gasteiger partial charge in [0.1, 0.15) is 0 Å². The number of aryl methyl sites for hydroxylation is 1. The second kappa shape index (κ2) is 6.78. The van der Waals surface area contributed by atoms with E-state index < -0.39 is 0 Å². The summed E-state index contributed by atoms with van der Waals surface area (Å²) in [6.45, 7) is 3.10. The Hall–Kier alpha value is -3.51. The van der Waals surface area contributed by atoms with Gasteiger partial charge in [-0.05, 0) is 33.2 Å². The molecule has 1 aromatic heterocycles. The van der Waals surface area contributed by atoms with E-state index in [2.05, 4.69) is 0 Å². The van der Waals surface area contributed by atoms with E-state index in [4.69, 9.17) is 9.98 Å². The molecule has 0 bridgehead atoms. The van der Waals surface area contributed by atoms with Crippen molar-refractivity contribution in [2.45, 2.75) is 13.5 Å². The number of benzene rings is 3. The Morgan fingerprint density at radius 2 is 1.73 bits per heavy atom. The molecule has 1 aliphatic heterocycles. The monoisotopic (exact) mass is 398 g/mol. The summed E-state index contributed by atoms with van der Waals surface area (Å²) in [5.41, 5.74) is 2.63. The summed E-state index contributed by atoms with van der Waals surface area (Å²) in [7, 11) is 3.88. The molecule has 150 valence electrons. The van der Waals surface area contributed by atoms with Crippen molar-refractivity contribution in [3.63, 3.8) is 0 Å². The fourth-order valence-electron chi connectivity index (χ4n) is 3.98. The summed E-state index contributed by atoms with van der Waals surface area (Å²) in [4.78, 5) is 24.6. The van der Waals surface area contributed by atoms with E-state index in [0.29, 0.717) is 35.4 Å². The van der Waals surface area contributed by atoms with Gasteiger partial charge < -0.3 is 10.0 Å². The largest absolute Gasteiger partial charge is 0.494 e. The molecular formula is C24H22N4O2. The Labute approximate surface area is 173 Å². The lowest BCUT2D eigenvalue weighted by Crippen LogP contribution is -2.27. The topological polar surface area (TPSA) is 70.2 Å². The molecule has 5 rings (SSSR count). The zero-order valence-corrected chi connectivity index (χ0v) is 17.2. The van der Waals surface area contributed by atoms with Gasteiger partial charge in [0, 0.05) is 40.2 Å². The van der Waals surface area contributed by atoms with Crippen LogP contribution >= 0.6 is 0 Å². The molecule has 6 heteroatoms. The van der Waals surface area contributed by atoms with E-state index in [1.54, 1.807) is 0 Å². The third kappa shape index (κ3) is 2.80. The molecule has 0 radical (unpaired) electrons. The molecular weight excluding hydrogens is 376 g/mol. The maximum atomic E-state index is 13.1. The molecule has 0 unspecified atom stereocenters. The fraction of sp³-hybridized carbons (Fsp3) is 0.208. The van der Waals surface area contributed by atoms with E-state index >= 15 is 0 Å². The Balaban J connectivity index is 1.78. The van der Waals surface area contributed by atoms with Crippen LogP contribution in [0.3, 0.4) is 0 Å². The normalized spacial score (nSPS) is 13.1. The Morgan fingerprint density at radius 3 is 2.47 bits per heavy atom. The summed E-state index contributed by atoms with van der Waals surface area (Å²) in [6, 6.07) is 15.5. The second-order valence-corrected chi connectivity index (χ2v) is 8.02. The number of aliphatic imine (C=N–C) groups is 1. The molecule has 30 heavy (non-hydrogen) atoms. The Morgan fingerprint density at radius 1 is 1.00 bits per heavy atom. The number of aromatic nitrogens is 1. The number of hydrogen-bond donors (Lipinski definition) is 1. The van der Waals surface area contributed by atoms with E-state index in [-0.39, 0.29) is 11.4 Å². The van der Waals surface area contributed by atoms with Crippen LogP contribution < -0.4 is 10.9 Å². The highest BCUT2D eigenvalue weighted by Gasteiger charge is 2.20. The summed E-state index contributed by atoms with van der Waals surface area (Å²) in [6.07, 6.45) is 0. The average Bonchev–Trinajstić information content (AvgIpc) is 3.16. The van der Waals surface area contributed by atoms with E-state index in [9.17, 15) is 9.90 Å². The summed E-state index contributed by atoms with van der Waals surface area (Å²) in [5, 5.41) is 14.5. The minimum atomic E-state index is -0.190. The maximum absolute atomic E-state index is 13.1. The molecule has 0 fully saturated rings. The standard InChI is InChI=1S/C24H22N4O2/c1-14-7-9-15(10-8-14)22-25-19-13-18-20-16(21(19)26-22)5-4-6-17(20)23(29)28(24(18)30)12-11-27(2)3/h4-10,13,30H,11-12H2,1-3H3. The van der Waals surface area contributed by atoms with Crippen molar-refractivity contribution < 1.29 is 5.11 Å². The zero-order valence-electron chi connectivity index (χ0n) is 17.2. The predicted molar refractivity (Wildman–Crippen MR) is 120 cm³/mol. The third-order valence-corrected chi connectivity index (χ3v) is 5.61. The lowest BCUT2D eigenvalue weighted by atomic mass is 10.0. The van der Waals surface area contributed by atoms with Crippen LogP contribution in [0.15, 0.2) is 63.3 Å². The summed E-state index contributed by atoms with van der Waals surface area (Å²) in [5.74, 6) is 0.621. The molecule has 1 aliphatic rings. The van der Waals surface area contributed by atoms with Crippen molar-refractivity contribution in [1.82, 2.24) is 9.47 Å². The number of likely N-dealkylation sites (N-methyl/N-ethyl adjacent to an activating group) is 1. The highest BCUT2D eigenvalue weighted by molar-refractivity contribution is 6.14. The summed E-state index contributed by atoms with van der Waals surface area (Å²) >= 11 is 0. The number of aromatic hydroxyl groups is 1. The van der Waals surface area contributed by atoms with E-state index in [0.717, 1.165) is 21.7 Å². The van der Waals surface area contributed by atoms with Gasteiger partial charge in [-0.25, -0.2) is 9.98 Å². The van der Waals surface area contributed by atoms with Crippen molar-refractivity contribution >= 4 is 33.1 Å². The molecule has 0 amide bonds. The molecule has 6 nitrogen and oxygen atoms in total. The molecule has 4 aromatic rings. The average molecular weight is 398 g/mol. The molecule has 0 saturated carbocycles. The first kappa shape index (κ1) is 18.5. The molecule has 3 aromatic carbocycles. The van der Waals surface area contributed by atoms with Crippen LogP contribution in [-0.2, 0) is 6.54 Å². The van der Waals surface area contributed by atoms with Crippen molar-refractivity contribution in [3.05, 3.63) is 75.4 Å². The first-order valence-corrected chi connectivity index (χ1v) is 9.94. The number of fused-ring (bicyclic) bond motifs is 2. The van der Waals surface area contributed by atoms with Crippen LogP contribution in [0.25, 0.3) is 21.5 Å². The van der Waals surface area contributed by atoms with Gasteiger partial charge in [-0.2, -0.15) is 0 Å². The van der Waals surface area contributed by atoms with Crippen molar-refractivity contribution in [2.24, 2.45) is 9.98 Å². The quantitative estimate of drug-likeness (QED) is 0.574. The van der Waals surface area contributed by atoms with Crippen molar-refractivity contribution in [2.75, 3.05) is 20.6 Å². The third-order valence-electron chi connectivity index (χ3n) is 5.61. The molecule has 0 spiro atoms. The lowest BCUT2D eigenvalue weighted by molar-refractivity contribution is 0.353. The smallest absolute Gasteiger partial charge is 0.261 e. The van der Waals surface area contributed by atoms with Crippen LogP contribution in [-0.4, -0.2) is 41.0 Å². The second-order valence-electron chi connectivity index (χ2n) is 8.02. The van der Waals surface area contributed by atoms with E-state index in [1.807, 2.05) is 74.4 Å². The van der Waals surface area contributed by atoms with Gasteiger partial charge in [-0.1, -0.05) is 42.0 Å². The van der Waals surface area contributed by atoms with Crippen molar-refractivity contribution in [3.8, 4) is 5.88 Å². The fourth-order valence-corrected chi connectivity index (χ4v) is 3.98. The van der Waals surface area contributed by atoms with Crippen molar-refractivity contribution in [1.29, 1.82) is 0 Å². The highest BCUT2D eigenvalue weighted by atomic mass is 16.3. The maximum Gasteiger partial charge on any atom is 0.261 e. The van der Waals surface area contributed by atoms with Gasteiger partial charge in [0.15, 0.2) is 5.84 Å². The van der Waals surface area contributed by atoms with Crippen LogP contribution in [0.1, 0.15) is 11.1 Å². The van der Waals surface area contributed by atoms with Gasteiger partial charge in [-0.15, -0.1) is 0 Å². The van der Waals surface area contributed by atoms with Crippen LogP contribution in [0, 0.1) is 6.92 Å². The lowest BCUT2D eigenvalue weighted by Gasteiger charge is -2.16. The number of amidine groups is 1. The summed E-state index contributed by atoms with van der Waals surface area (Å²) < 4.78 is 1.44. The minimum absolute atomic E-state index is 0.0210. The van der Waals surface area contributed by atoms with Crippen LogP contribution in [0.5, 0.6) is 5.88 Å². The van der Waals surface area contributed by atoms with Gasteiger partial charge in [-0.3, -0.25) is 9.36 Å². The first-order valence-electron chi connectivity index (χ1n) is 9.94. The number of pyridine rings is 1. The van der Waals surface area contributed by atoms with E-state index in [1.165, 1.54) is 10.1 Å². The van der Waals surface area contributed by atoms with Crippen LogP contribution in [0.2, 0.25) is 0 Å². The molecule has 1 N–H and O–H groups in total. The Kier molecular flexibility index (Phi) is 4.18. The first-order chi connectivity index (χ1) is 14.4. The van der Waals surface area contributed by atoms with Gasteiger partial charge in [0.05, 0.1) is 11.0 Å². The zero-order chi connectivity index (χ0) is 21.0. The number of rotatable bonds is 4. The molecule has 2 heterocycles. The van der Waals surface area contributed by atoms with Gasteiger partial charge in [0.25, 0.3) is 5.56 Å². The highest BCUT2D eigenvalue weighted by Crippen LogP contribution is 2.33. The Bertz CT molecular complexity index is 1450. The predicted octanol–water partition coefficient (Wildman–Crippen LogP) is 3.16. The van der Waals surface area contributed by atoms with Gasteiger partial charge >= 0.3 is 0 Å². The van der Waals surface area contributed by atoms with Gasteiger partial charge in [0.2, 0.25) is 5.88 Å². The number of nitrogens with zero attached hydrogens (tertiary/aromatic N) is 4. The van der Waals surface area contributed by atoms with Crippen LogP contribution in [0.4, 0.5) is 5.69 Å².